The standard InChI is InChI=1S/C21H36N4O2/c1-15(20(26)24-7-2-3-8-24)23-9-11-25(12-10-23)21(27)18-13-16-5-4-6-17(14-18)19(16)22/h15-19H,2-14,22H2,1H3. The third-order valence-electron chi connectivity index (χ3n) is 7.71. The number of likely N-dealkylation sites (tertiary alicyclic amines) is 1. The number of nitrogens with zero attached hydrogens (tertiary/aromatic N) is 3. The second-order valence-corrected chi connectivity index (χ2v) is 9.27. The quantitative estimate of drug-likeness (QED) is 0.806. The first-order valence-electron chi connectivity index (χ1n) is 11.1. The summed E-state index contributed by atoms with van der Waals surface area (Å²) in [7, 11) is 0. The zero-order valence-corrected chi connectivity index (χ0v) is 16.8. The minimum atomic E-state index is -0.0626. The number of hydrogen-bond acceptors (Lipinski definition) is 4. The smallest absolute Gasteiger partial charge is 0.239 e. The molecule has 2 N–H and O–H groups in total. The molecule has 27 heavy (non-hydrogen) atoms. The fraction of sp³-hybridized carbons (Fsp3) is 0.905. The summed E-state index contributed by atoms with van der Waals surface area (Å²) >= 11 is 0. The second kappa shape index (κ2) is 8.08. The van der Waals surface area contributed by atoms with Crippen LogP contribution in [0.25, 0.3) is 0 Å². The molecule has 6 nitrogen and oxygen atoms in total. The average molecular weight is 377 g/mol. The Morgan fingerprint density at radius 2 is 1.44 bits per heavy atom. The molecule has 0 aromatic rings. The molecule has 2 amide bonds. The molecule has 0 radical (unpaired) electrons. The Morgan fingerprint density at radius 3 is 2.04 bits per heavy atom. The Labute approximate surface area is 163 Å². The SMILES string of the molecule is CC(C(=O)N1CCCC1)N1CCN(C(=O)C2CC3CCCC(C2)C3N)CC1. The lowest BCUT2D eigenvalue weighted by Crippen LogP contribution is -2.57. The van der Waals surface area contributed by atoms with Gasteiger partial charge in [-0.05, 0) is 57.3 Å². The van der Waals surface area contributed by atoms with E-state index in [1.54, 1.807) is 0 Å². The monoisotopic (exact) mass is 376 g/mol. The highest BCUT2D eigenvalue weighted by molar-refractivity contribution is 5.82. The average Bonchev–Trinajstić information content (AvgIpc) is 3.21. The van der Waals surface area contributed by atoms with Crippen LogP contribution in [0.5, 0.6) is 0 Å². The summed E-state index contributed by atoms with van der Waals surface area (Å²) in [6.45, 7) is 6.99. The van der Waals surface area contributed by atoms with Gasteiger partial charge < -0.3 is 15.5 Å². The summed E-state index contributed by atoms with van der Waals surface area (Å²) in [5.74, 6) is 1.88. The Morgan fingerprint density at radius 1 is 0.852 bits per heavy atom. The molecule has 0 spiro atoms. The minimum Gasteiger partial charge on any atom is -0.341 e. The van der Waals surface area contributed by atoms with Crippen LogP contribution in [0.1, 0.15) is 51.9 Å². The van der Waals surface area contributed by atoms with Crippen LogP contribution in [0.3, 0.4) is 0 Å². The highest BCUT2D eigenvalue weighted by Crippen LogP contribution is 2.42. The van der Waals surface area contributed by atoms with Gasteiger partial charge in [-0.1, -0.05) is 6.42 Å². The predicted molar refractivity (Wildman–Crippen MR) is 105 cm³/mol. The lowest BCUT2D eigenvalue weighted by molar-refractivity contribution is -0.142. The van der Waals surface area contributed by atoms with Gasteiger partial charge in [0.25, 0.3) is 0 Å². The van der Waals surface area contributed by atoms with Crippen LogP contribution < -0.4 is 5.73 Å². The highest BCUT2D eigenvalue weighted by atomic mass is 16.2. The first-order chi connectivity index (χ1) is 13.0. The van der Waals surface area contributed by atoms with Gasteiger partial charge in [0.1, 0.15) is 0 Å². The van der Waals surface area contributed by atoms with Crippen molar-refractivity contribution in [3.63, 3.8) is 0 Å². The molecule has 0 aromatic heterocycles. The van der Waals surface area contributed by atoms with Crippen molar-refractivity contribution in [1.82, 2.24) is 14.7 Å². The molecular weight excluding hydrogens is 340 g/mol. The molecule has 2 saturated heterocycles. The Kier molecular flexibility index (Phi) is 5.74. The van der Waals surface area contributed by atoms with E-state index in [0.29, 0.717) is 23.8 Å². The summed E-state index contributed by atoms with van der Waals surface area (Å²) in [4.78, 5) is 32.1. The van der Waals surface area contributed by atoms with Crippen LogP contribution >= 0.6 is 0 Å². The Hall–Kier alpha value is -1.14. The molecule has 4 aliphatic rings. The van der Waals surface area contributed by atoms with Crippen molar-refractivity contribution in [1.29, 1.82) is 0 Å². The van der Waals surface area contributed by atoms with Crippen molar-refractivity contribution in [2.75, 3.05) is 39.3 Å². The number of carbonyl (C=O) groups excluding carboxylic acids is 2. The van der Waals surface area contributed by atoms with Crippen LogP contribution in [-0.4, -0.2) is 77.9 Å². The normalized spacial score (nSPS) is 35.9. The first kappa shape index (κ1) is 19.2. The molecule has 2 bridgehead atoms. The summed E-state index contributed by atoms with van der Waals surface area (Å²) in [5.41, 5.74) is 6.39. The maximum atomic E-state index is 13.1. The van der Waals surface area contributed by atoms with Gasteiger partial charge >= 0.3 is 0 Å². The van der Waals surface area contributed by atoms with Crippen LogP contribution in [-0.2, 0) is 9.59 Å². The highest BCUT2D eigenvalue weighted by Gasteiger charge is 2.42. The molecular formula is C21H36N4O2. The van der Waals surface area contributed by atoms with Crippen molar-refractivity contribution in [2.45, 2.75) is 64.0 Å². The van der Waals surface area contributed by atoms with E-state index in [2.05, 4.69) is 9.80 Å². The van der Waals surface area contributed by atoms with Crippen molar-refractivity contribution >= 4 is 11.8 Å². The fourth-order valence-electron chi connectivity index (χ4n) is 5.94. The van der Waals surface area contributed by atoms with Gasteiger partial charge in [-0.15, -0.1) is 0 Å². The van der Waals surface area contributed by atoms with E-state index in [-0.39, 0.29) is 17.9 Å². The molecule has 2 aliphatic heterocycles. The molecule has 0 aromatic carbocycles. The number of carbonyl (C=O) groups is 2. The zero-order valence-electron chi connectivity index (χ0n) is 16.8. The minimum absolute atomic E-state index is 0.0626. The second-order valence-electron chi connectivity index (χ2n) is 9.27. The molecule has 3 atom stereocenters. The number of fused-ring (bicyclic) bond motifs is 2. The zero-order chi connectivity index (χ0) is 19.0. The van der Waals surface area contributed by atoms with E-state index >= 15 is 0 Å². The molecule has 152 valence electrons. The fourth-order valence-corrected chi connectivity index (χ4v) is 5.94. The van der Waals surface area contributed by atoms with Gasteiger partial charge in [0.15, 0.2) is 0 Å². The number of amides is 2. The molecule has 3 unspecified atom stereocenters. The van der Waals surface area contributed by atoms with Crippen molar-refractivity contribution in [3.8, 4) is 0 Å². The molecule has 2 heterocycles. The van der Waals surface area contributed by atoms with E-state index < -0.39 is 0 Å². The van der Waals surface area contributed by atoms with E-state index in [9.17, 15) is 9.59 Å². The third-order valence-corrected chi connectivity index (χ3v) is 7.71. The Balaban J connectivity index is 1.28. The largest absolute Gasteiger partial charge is 0.341 e. The van der Waals surface area contributed by atoms with E-state index in [1.807, 2.05) is 11.8 Å². The number of hydrogen-bond donors (Lipinski definition) is 1. The lowest BCUT2D eigenvalue weighted by atomic mass is 9.65. The number of nitrogens with two attached hydrogens (primary N) is 1. The molecule has 4 rings (SSSR count). The van der Waals surface area contributed by atoms with Gasteiger partial charge in [0.05, 0.1) is 6.04 Å². The van der Waals surface area contributed by atoms with E-state index in [1.165, 1.54) is 19.3 Å². The number of rotatable bonds is 3. The maximum absolute atomic E-state index is 13.1. The predicted octanol–water partition coefficient (Wildman–Crippen LogP) is 1.30. The van der Waals surface area contributed by atoms with Crippen LogP contribution in [0.4, 0.5) is 0 Å². The van der Waals surface area contributed by atoms with Crippen molar-refractivity contribution in [2.24, 2.45) is 23.5 Å². The van der Waals surface area contributed by atoms with E-state index in [4.69, 9.17) is 5.73 Å². The van der Waals surface area contributed by atoms with Gasteiger partial charge in [-0.3, -0.25) is 14.5 Å². The van der Waals surface area contributed by atoms with Crippen LogP contribution in [0, 0.1) is 17.8 Å². The van der Waals surface area contributed by atoms with Crippen molar-refractivity contribution < 1.29 is 9.59 Å². The summed E-state index contributed by atoms with van der Waals surface area (Å²) < 4.78 is 0. The maximum Gasteiger partial charge on any atom is 0.239 e. The molecule has 6 heteroatoms. The third kappa shape index (κ3) is 3.88. The van der Waals surface area contributed by atoms with Gasteiger partial charge in [-0.25, -0.2) is 0 Å². The Bertz CT molecular complexity index is 540. The summed E-state index contributed by atoms with van der Waals surface area (Å²) in [6, 6.07) is 0.254. The summed E-state index contributed by atoms with van der Waals surface area (Å²) in [6.07, 6.45) is 7.92. The van der Waals surface area contributed by atoms with Crippen LogP contribution in [0.15, 0.2) is 0 Å². The van der Waals surface area contributed by atoms with Gasteiger partial charge in [0, 0.05) is 51.2 Å². The van der Waals surface area contributed by atoms with Crippen molar-refractivity contribution in [3.05, 3.63) is 0 Å². The molecule has 4 fully saturated rings. The van der Waals surface area contributed by atoms with E-state index in [0.717, 1.165) is 65.0 Å². The molecule has 2 saturated carbocycles. The summed E-state index contributed by atoms with van der Waals surface area (Å²) in [5, 5.41) is 0. The topological polar surface area (TPSA) is 69.9 Å². The van der Waals surface area contributed by atoms with Crippen LogP contribution in [0.2, 0.25) is 0 Å². The number of piperazine rings is 1. The van der Waals surface area contributed by atoms with Gasteiger partial charge in [0.2, 0.25) is 11.8 Å². The van der Waals surface area contributed by atoms with Gasteiger partial charge in [-0.2, -0.15) is 0 Å². The first-order valence-corrected chi connectivity index (χ1v) is 11.1. The molecule has 2 aliphatic carbocycles. The lowest BCUT2D eigenvalue weighted by Gasteiger charge is -2.45.